The summed E-state index contributed by atoms with van der Waals surface area (Å²) in [6.07, 6.45) is 1.92. The molecule has 1 aliphatic carbocycles. The monoisotopic (exact) mass is 603 g/mol. The second-order valence-electron chi connectivity index (χ2n) is 10.7. The van der Waals surface area contributed by atoms with Crippen LogP contribution in [0.3, 0.4) is 0 Å². The van der Waals surface area contributed by atoms with Crippen molar-refractivity contribution in [2.75, 3.05) is 4.90 Å². The summed E-state index contributed by atoms with van der Waals surface area (Å²) in [4.78, 5) is 15.7. The number of carbonyl (C=O) groups excluding carboxylic acids is 1. The molecule has 5 nitrogen and oxygen atoms in total. The van der Waals surface area contributed by atoms with E-state index in [1.807, 2.05) is 67.3 Å². The van der Waals surface area contributed by atoms with Crippen molar-refractivity contribution in [1.82, 2.24) is 0 Å². The average molecular weight is 605 g/mol. The third-order valence-electron chi connectivity index (χ3n) is 8.14. The summed E-state index contributed by atoms with van der Waals surface area (Å²) >= 11 is 3.47. The van der Waals surface area contributed by atoms with Crippen molar-refractivity contribution in [1.29, 1.82) is 5.26 Å². The van der Waals surface area contributed by atoms with Gasteiger partial charge in [0, 0.05) is 27.5 Å². The second-order valence-corrected chi connectivity index (χ2v) is 11.6. The van der Waals surface area contributed by atoms with E-state index in [0.29, 0.717) is 36.4 Å². The maximum Gasteiger partial charge on any atom is 0.161 e. The zero-order valence-electron chi connectivity index (χ0n) is 23.1. The van der Waals surface area contributed by atoms with Crippen LogP contribution in [-0.4, -0.2) is 5.78 Å². The number of rotatable bonds is 5. The number of aryl methyl sites for hydroxylation is 1. The van der Waals surface area contributed by atoms with Crippen molar-refractivity contribution in [3.05, 3.63) is 128 Å². The lowest BCUT2D eigenvalue weighted by molar-refractivity contribution is -0.116. The van der Waals surface area contributed by atoms with Crippen molar-refractivity contribution in [3.8, 4) is 11.8 Å². The molecule has 0 radical (unpaired) electrons. The number of halogens is 1. The molecule has 1 heterocycles. The number of nitrogens with zero attached hydrogens (tertiary/aromatic N) is 2. The molecule has 1 aliphatic heterocycles. The van der Waals surface area contributed by atoms with Gasteiger partial charge in [-0.25, -0.2) is 0 Å². The zero-order valence-corrected chi connectivity index (χ0v) is 24.7. The molecule has 1 atom stereocenters. The molecule has 0 saturated heterocycles. The van der Waals surface area contributed by atoms with Crippen molar-refractivity contribution >= 4 is 38.2 Å². The minimum absolute atomic E-state index is 0.0790. The van der Waals surface area contributed by atoms with Gasteiger partial charge in [-0.05, 0) is 79.1 Å². The van der Waals surface area contributed by atoms with Crippen LogP contribution in [0.2, 0.25) is 0 Å². The van der Waals surface area contributed by atoms with Crippen LogP contribution in [0.5, 0.6) is 5.75 Å². The first kappa shape index (κ1) is 26.9. The number of carbonyl (C=O) groups is 1. The summed E-state index contributed by atoms with van der Waals surface area (Å²) in [5.74, 6) is 0.708. The van der Waals surface area contributed by atoms with Gasteiger partial charge in [-0.2, -0.15) is 5.26 Å². The van der Waals surface area contributed by atoms with E-state index in [4.69, 9.17) is 10.5 Å². The molecule has 204 valence electrons. The number of ketones is 1. The van der Waals surface area contributed by atoms with Gasteiger partial charge < -0.3 is 10.5 Å². The summed E-state index contributed by atoms with van der Waals surface area (Å²) in [6, 6.07) is 28.6. The fraction of sp³-hybridized carbons (Fsp3) is 0.200. The van der Waals surface area contributed by atoms with E-state index in [0.717, 1.165) is 61.1 Å². The largest absolute Gasteiger partial charge is 0.489 e. The molecule has 4 aromatic carbocycles. The lowest BCUT2D eigenvalue weighted by atomic mass is 9.73. The van der Waals surface area contributed by atoms with Crippen molar-refractivity contribution in [3.63, 3.8) is 0 Å². The van der Waals surface area contributed by atoms with Gasteiger partial charge >= 0.3 is 0 Å². The third-order valence-corrected chi connectivity index (χ3v) is 8.67. The predicted octanol–water partition coefficient (Wildman–Crippen LogP) is 8.10. The molecule has 0 amide bonds. The van der Waals surface area contributed by atoms with Crippen LogP contribution in [0.25, 0.3) is 10.8 Å². The number of fused-ring (bicyclic) bond motifs is 1. The molecule has 0 saturated carbocycles. The lowest BCUT2D eigenvalue weighted by Crippen LogP contribution is -2.39. The van der Waals surface area contributed by atoms with Crippen LogP contribution in [-0.2, 0) is 11.4 Å². The molecule has 6 heteroatoms. The van der Waals surface area contributed by atoms with Crippen molar-refractivity contribution in [2.24, 2.45) is 5.73 Å². The Morgan fingerprint density at radius 3 is 2.56 bits per heavy atom. The molecule has 2 aliphatic rings. The van der Waals surface area contributed by atoms with E-state index < -0.39 is 5.92 Å². The van der Waals surface area contributed by atoms with Crippen molar-refractivity contribution in [2.45, 2.75) is 45.6 Å². The standard InChI is InChI=1S/C35H30BrN3O2/c1-21-17-24(20-41-26-15-13-25(36)14-16-26)22(2)28(18-21)33-29(19-37)35(38)39(31-11-6-12-32(40)34(31)33)30-10-5-8-23-7-3-4-9-27(23)30/h3-5,7-10,13-18,33H,6,11-12,20,38H2,1-2H3. The molecule has 2 N–H and O–H groups in total. The summed E-state index contributed by atoms with van der Waals surface area (Å²) in [7, 11) is 0. The van der Waals surface area contributed by atoms with E-state index >= 15 is 0 Å². The highest BCUT2D eigenvalue weighted by Crippen LogP contribution is 2.48. The fourth-order valence-electron chi connectivity index (χ4n) is 6.18. The first-order chi connectivity index (χ1) is 19.9. The van der Waals surface area contributed by atoms with E-state index in [-0.39, 0.29) is 5.78 Å². The van der Waals surface area contributed by atoms with E-state index in [1.54, 1.807) is 0 Å². The summed E-state index contributed by atoms with van der Waals surface area (Å²) in [5, 5.41) is 12.7. The van der Waals surface area contributed by atoms with E-state index in [2.05, 4.69) is 52.3 Å². The molecule has 4 aromatic rings. The smallest absolute Gasteiger partial charge is 0.161 e. The number of hydrogen-bond donors (Lipinski definition) is 1. The molecule has 0 bridgehead atoms. The van der Waals surface area contributed by atoms with Gasteiger partial charge in [0.05, 0.1) is 23.2 Å². The quantitative estimate of drug-likeness (QED) is 0.249. The maximum absolute atomic E-state index is 13.8. The van der Waals surface area contributed by atoms with E-state index in [9.17, 15) is 10.1 Å². The predicted molar refractivity (Wildman–Crippen MR) is 166 cm³/mol. The van der Waals surface area contributed by atoms with Crippen LogP contribution >= 0.6 is 15.9 Å². The highest BCUT2D eigenvalue weighted by molar-refractivity contribution is 9.10. The van der Waals surface area contributed by atoms with Gasteiger partial charge in [-0.1, -0.05) is 70.0 Å². The minimum atomic E-state index is -0.527. The lowest BCUT2D eigenvalue weighted by Gasteiger charge is -2.40. The molecule has 0 fully saturated rings. The SMILES string of the molecule is Cc1cc(COc2ccc(Br)cc2)c(C)c(C2C(C#N)=C(N)N(c3cccc4ccccc34)C3=C2C(=O)CCC3)c1. The van der Waals surface area contributed by atoms with Crippen molar-refractivity contribution < 1.29 is 9.53 Å². The van der Waals surface area contributed by atoms with Gasteiger partial charge in [0.1, 0.15) is 18.2 Å². The van der Waals surface area contributed by atoms with Gasteiger partial charge in [-0.3, -0.25) is 9.69 Å². The summed E-state index contributed by atoms with van der Waals surface area (Å²) < 4.78 is 7.12. The zero-order chi connectivity index (χ0) is 28.7. The van der Waals surface area contributed by atoms with Crippen LogP contribution in [0.1, 0.15) is 47.4 Å². The Balaban J connectivity index is 1.50. The molecule has 0 spiro atoms. The summed E-state index contributed by atoms with van der Waals surface area (Å²) in [5.41, 5.74) is 13.8. The van der Waals surface area contributed by atoms with Gasteiger partial charge in [-0.15, -0.1) is 0 Å². The highest BCUT2D eigenvalue weighted by atomic mass is 79.9. The van der Waals surface area contributed by atoms with Crippen LogP contribution in [0.15, 0.2) is 106 Å². The topological polar surface area (TPSA) is 79.3 Å². The number of anilines is 1. The van der Waals surface area contributed by atoms with Gasteiger partial charge in [0.15, 0.2) is 5.78 Å². The Hall–Kier alpha value is -4.34. The van der Waals surface area contributed by atoms with Crippen LogP contribution < -0.4 is 15.4 Å². The first-order valence-corrected chi connectivity index (χ1v) is 14.6. The first-order valence-electron chi connectivity index (χ1n) is 13.8. The Labute approximate surface area is 248 Å². The van der Waals surface area contributed by atoms with Gasteiger partial charge in [0.25, 0.3) is 0 Å². The molecule has 41 heavy (non-hydrogen) atoms. The normalized spacial score (nSPS) is 17.1. The molecular formula is C35H30BrN3O2. The number of nitrogens with two attached hydrogens (primary N) is 1. The number of allylic oxidation sites excluding steroid dienone is 3. The fourth-order valence-corrected chi connectivity index (χ4v) is 6.45. The number of hydrogen-bond acceptors (Lipinski definition) is 5. The number of Topliss-reactive ketones (excluding diaryl/α,β-unsaturated/α-hetero) is 1. The van der Waals surface area contributed by atoms with Crippen LogP contribution in [0.4, 0.5) is 5.69 Å². The van der Waals surface area contributed by atoms with Gasteiger partial charge in [0.2, 0.25) is 0 Å². The number of nitriles is 1. The summed E-state index contributed by atoms with van der Waals surface area (Å²) in [6.45, 7) is 4.46. The average Bonchev–Trinajstić information content (AvgIpc) is 2.98. The van der Waals surface area contributed by atoms with E-state index in [1.165, 1.54) is 0 Å². The number of benzene rings is 4. The van der Waals surface area contributed by atoms with Crippen LogP contribution in [0, 0.1) is 25.2 Å². The molecule has 1 unspecified atom stereocenters. The number of ether oxygens (including phenoxy) is 1. The third kappa shape index (κ3) is 4.81. The highest BCUT2D eigenvalue weighted by Gasteiger charge is 2.41. The molecular weight excluding hydrogens is 574 g/mol. The Kier molecular flexibility index (Phi) is 7.15. The maximum atomic E-state index is 13.8. The Morgan fingerprint density at radius 2 is 1.78 bits per heavy atom. The minimum Gasteiger partial charge on any atom is -0.489 e. The Bertz CT molecular complexity index is 1790. The second kappa shape index (κ2) is 10.9. The Morgan fingerprint density at radius 1 is 1.02 bits per heavy atom. The molecule has 0 aromatic heterocycles. The molecule has 6 rings (SSSR count).